The number of benzene rings is 1. The van der Waals surface area contributed by atoms with E-state index in [0.29, 0.717) is 0 Å². The van der Waals surface area contributed by atoms with Crippen molar-refractivity contribution in [2.75, 3.05) is 6.61 Å². The summed E-state index contributed by atoms with van der Waals surface area (Å²) in [5.74, 6) is -9.29. The molecule has 57 heavy (non-hydrogen) atoms. The third-order valence-electron chi connectivity index (χ3n) is 11.9. The lowest BCUT2D eigenvalue weighted by atomic mass is 9.53. The largest absolute Gasteiger partial charge is 0.461 e. The second-order valence-corrected chi connectivity index (χ2v) is 16.8. The van der Waals surface area contributed by atoms with Gasteiger partial charge in [-0.2, -0.15) is 0 Å². The second-order valence-electron chi connectivity index (χ2n) is 16.8. The van der Waals surface area contributed by atoms with Gasteiger partial charge in [-0.05, 0) is 45.9 Å². The van der Waals surface area contributed by atoms with Crippen LogP contribution in [0.2, 0.25) is 0 Å². The smallest absolute Gasteiger partial charge is 0.338 e. The summed E-state index contributed by atoms with van der Waals surface area (Å²) in [5, 5.41) is 0. The first-order valence-corrected chi connectivity index (χ1v) is 19.2. The van der Waals surface area contributed by atoms with Crippen LogP contribution in [0, 0.1) is 29.1 Å². The molecule has 4 aliphatic rings. The van der Waals surface area contributed by atoms with Crippen LogP contribution in [0.4, 0.5) is 0 Å². The van der Waals surface area contributed by atoms with Gasteiger partial charge in [0.25, 0.3) is 0 Å². The summed E-state index contributed by atoms with van der Waals surface area (Å²) in [5.41, 5.74) is -8.62. The molecule has 3 aliphatic carbocycles. The predicted octanol–water partition coefficient (Wildman–Crippen LogP) is 4.61. The Bertz CT molecular complexity index is 1820. The first kappa shape index (κ1) is 43.3. The van der Waals surface area contributed by atoms with Gasteiger partial charge < -0.3 is 37.9 Å². The fourth-order valence-corrected chi connectivity index (χ4v) is 10.0. The molecule has 0 amide bonds. The lowest BCUT2D eigenvalue weighted by Gasteiger charge is -2.53. The van der Waals surface area contributed by atoms with Gasteiger partial charge in [-0.1, -0.05) is 45.0 Å². The molecule has 1 saturated heterocycles. The third-order valence-corrected chi connectivity index (χ3v) is 11.9. The molecule has 0 N–H and O–H groups in total. The number of carbonyl (C=O) groups excluding carboxylic acids is 7. The molecule has 2 saturated carbocycles. The van der Waals surface area contributed by atoms with E-state index in [4.69, 9.17) is 37.9 Å². The zero-order valence-corrected chi connectivity index (χ0v) is 34.4. The molecule has 15 heteroatoms. The minimum atomic E-state index is -2.16. The van der Waals surface area contributed by atoms with Gasteiger partial charge in [-0.3, -0.25) is 28.8 Å². The molecule has 0 aromatic heterocycles. The quantitative estimate of drug-likeness (QED) is 0.171. The SMILES string of the molecule is CCC(=O)O[C@@H]1[C@@H]2[C@@H](OC(C)=O)[C@@]34CO[C@@](C)([C@@H](OC(=O)c5ccccc5)[C@@]2(OC(C)=O)C[C@@]1(C)OC(=O)C(C)C)[C@@H]3[C@@H](C(C)(C)OC(C)=O)C=C[C@H]4OC(C)=O. The van der Waals surface area contributed by atoms with Crippen LogP contribution in [0.3, 0.4) is 0 Å². The third kappa shape index (κ3) is 7.54. The van der Waals surface area contributed by atoms with Crippen molar-refractivity contribution in [3.63, 3.8) is 0 Å². The first-order chi connectivity index (χ1) is 26.5. The zero-order valence-electron chi connectivity index (χ0n) is 34.4. The minimum absolute atomic E-state index is 0.125. The van der Waals surface area contributed by atoms with Crippen molar-refractivity contribution in [1.82, 2.24) is 0 Å². The van der Waals surface area contributed by atoms with Crippen LogP contribution in [-0.2, 0) is 66.7 Å². The van der Waals surface area contributed by atoms with Crippen molar-refractivity contribution in [2.24, 2.45) is 29.1 Å². The van der Waals surface area contributed by atoms with E-state index >= 15 is 0 Å². The van der Waals surface area contributed by atoms with E-state index in [-0.39, 0.29) is 18.6 Å². The molecule has 1 aliphatic heterocycles. The van der Waals surface area contributed by atoms with Crippen molar-refractivity contribution in [2.45, 2.75) is 136 Å². The number of rotatable bonds is 11. The van der Waals surface area contributed by atoms with Gasteiger partial charge in [-0.25, -0.2) is 4.79 Å². The van der Waals surface area contributed by atoms with Gasteiger partial charge in [0.2, 0.25) is 0 Å². The van der Waals surface area contributed by atoms with Gasteiger partial charge in [0.1, 0.15) is 23.4 Å². The maximum atomic E-state index is 14.4. The highest BCUT2D eigenvalue weighted by Crippen LogP contribution is 2.70. The maximum absolute atomic E-state index is 14.4. The van der Waals surface area contributed by atoms with Crippen LogP contribution in [-0.4, -0.2) is 95.2 Å². The van der Waals surface area contributed by atoms with Crippen LogP contribution in [0.25, 0.3) is 0 Å². The van der Waals surface area contributed by atoms with Crippen LogP contribution in [0.15, 0.2) is 42.5 Å². The molecule has 1 aromatic rings. The predicted molar refractivity (Wildman–Crippen MR) is 198 cm³/mol. The number of fused-ring (bicyclic) bond motifs is 1. The molecule has 1 heterocycles. The van der Waals surface area contributed by atoms with Crippen molar-refractivity contribution >= 4 is 41.8 Å². The van der Waals surface area contributed by atoms with Gasteiger partial charge in [0, 0.05) is 52.4 Å². The second kappa shape index (κ2) is 15.5. The van der Waals surface area contributed by atoms with Crippen molar-refractivity contribution < 1.29 is 71.5 Å². The molecule has 3 fully saturated rings. The maximum Gasteiger partial charge on any atom is 0.338 e. The lowest BCUT2D eigenvalue weighted by molar-refractivity contribution is -0.239. The number of ether oxygens (including phenoxy) is 8. The van der Waals surface area contributed by atoms with Crippen molar-refractivity contribution in [3.8, 4) is 0 Å². The molecule has 5 rings (SSSR count). The van der Waals surface area contributed by atoms with Gasteiger partial charge in [-0.15, -0.1) is 0 Å². The highest BCUT2D eigenvalue weighted by atomic mass is 16.6. The van der Waals surface area contributed by atoms with E-state index in [1.807, 2.05) is 0 Å². The number of carbonyl (C=O) groups is 7. The van der Waals surface area contributed by atoms with E-state index in [9.17, 15) is 33.6 Å². The van der Waals surface area contributed by atoms with E-state index in [2.05, 4.69) is 0 Å². The van der Waals surface area contributed by atoms with Crippen LogP contribution in [0.5, 0.6) is 0 Å². The number of esters is 7. The number of hydrogen-bond acceptors (Lipinski definition) is 15. The molecular weight excluding hydrogens is 744 g/mol. The Morgan fingerprint density at radius 2 is 1.44 bits per heavy atom. The van der Waals surface area contributed by atoms with Gasteiger partial charge in [0.15, 0.2) is 23.4 Å². The first-order valence-electron chi connectivity index (χ1n) is 19.2. The highest BCUT2D eigenvalue weighted by Gasteiger charge is 2.85. The van der Waals surface area contributed by atoms with Gasteiger partial charge >= 0.3 is 41.8 Å². The topological polar surface area (TPSA) is 193 Å². The lowest BCUT2D eigenvalue weighted by Crippen LogP contribution is -2.64. The molecule has 0 unspecified atom stereocenters. The Kier molecular flexibility index (Phi) is 11.8. The van der Waals surface area contributed by atoms with Crippen molar-refractivity contribution in [3.05, 3.63) is 48.0 Å². The van der Waals surface area contributed by atoms with E-state index in [1.54, 1.807) is 71.9 Å². The Labute approximate surface area is 332 Å². The van der Waals surface area contributed by atoms with Crippen LogP contribution >= 0.6 is 0 Å². The summed E-state index contributed by atoms with van der Waals surface area (Å²) >= 11 is 0. The molecule has 11 atom stereocenters. The molecular formula is C42H54O15. The summed E-state index contributed by atoms with van der Waals surface area (Å²) in [6.07, 6.45) is -3.23. The summed E-state index contributed by atoms with van der Waals surface area (Å²) in [7, 11) is 0. The Morgan fingerprint density at radius 1 is 0.807 bits per heavy atom. The highest BCUT2D eigenvalue weighted by molar-refractivity contribution is 5.89. The van der Waals surface area contributed by atoms with E-state index < -0.39 is 124 Å². The average molecular weight is 799 g/mol. The summed E-state index contributed by atoms with van der Waals surface area (Å²) in [4.78, 5) is 94.3. The number of hydrogen-bond donors (Lipinski definition) is 0. The normalized spacial score (nSPS) is 35.1. The minimum Gasteiger partial charge on any atom is -0.461 e. The molecule has 2 bridgehead atoms. The average Bonchev–Trinajstić information content (AvgIpc) is 3.52. The summed E-state index contributed by atoms with van der Waals surface area (Å²) in [6, 6.07) is 8.04. The van der Waals surface area contributed by atoms with Crippen molar-refractivity contribution in [1.29, 1.82) is 0 Å². The van der Waals surface area contributed by atoms with Crippen LogP contribution < -0.4 is 0 Å². The monoisotopic (exact) mass is 798 g/mol. The molecule has 0 spiro atoms. The Morgan fingerprint density at radius 3 is 1.98 bits per heavy atom. The van der Waals surface area contributed by atoms with Gasteiger partial charge in [0.05, 0.1) is 29.4 Å². The van der Waals surface area contributed by atoms with E-state index in [0.717, 1.165) is 13.8 Å². The fourth-order valence-electron chi connectivity index (χ4n) is 10.0. The zero-order chi connectivity index (χ0) is 42.5. The molecule has 0 radical (unpaired) electrons. The molecule has 312 valence electrons. The molecule has 1 aromatic carbocycles. The Balaban J connectivity index is 1.97. The van der Waals surface area contributed by atoms with Crippen LogP contribution in [0.1, 0.15) is 99.4 Å². The Hall–Kier alpha value is -4.79. The summed E-state index contributed by atoms with van der Waals surface area (Å²) in [6.45, 7) is 15.7. The standard InChI is InChI=1S/C42H54O15/c1-12-30(47)53-33-31-34(52-24(5)44)41-21-50-40(11,32(41)28(38(8,9)55-25(6)45)18-19-29(41)51-23(4)43)37(54-36(49)27-16-14-13-15-17-27)42(31,56-26(7)46)20-39(33,10)57-35(48)22(2)3/h13-19,22,28-29,31-34,37H,12,20-21H2,1-11H3/t28-,29+,31+,32-,33+,34+,37+,39+,40+,41+,42+/m0/s1. The molecule has 15 nitrogen and oxygen atoms in total. The summed E-state index contributed by atoms with van der Waals surface area (Å²) < 4.78 is 50.8. The fraction of sp³-hybridized carbons (Fsp3) is 0.643. The van der Waals surface area contributed by atoms with E-state index in [1.165, 1.54) is 32.9 Å².